The lowest BCUT2D eigenvalue weighted by Gasteiger charge is -2.05. The molecule has 72 valence electrons. The third kappa shape index (κ3) is 1.95. The lowest BCUT2D eigenvalue weighted by atomic mass is 10.6. The topological polar surface area (TPSA) is 85.9 Å². The third-order valence-electron chi connectivity index (χ3n) is 1.56. The Hall–Kier alpha value is -1.17. The molecule has 0 aromatic carbocycles. The van der Waals surface area contributed by atoms with Gasteiger partial charge in [-0.1, -0.05) is 0 Å². The summed E-state index contributed by atoms with van der Waals surface area (Å²) in [6.07, 6.45) is 2.40. The van der Waals surface area contributed by atoms with Crippen LogP contribution in [0.5, 0.6) is 0 Å². The number of nitrogen functional groups attached to an aromatic ring is 1. The Morgan fingerprint density at radius 1 is 1.31 bits per heavy atom. The zero-order valence-electron chi connectivity index (χ0n) is 7.43. The Kier molecular flexibility index (Phi) is 2.51. The minimum absolute atomic E-state index is 0.0308. The first-order valence-electron chi connectivity index (χ1n) is 3.76. The van der Waals surface area contributed by atoms with Gasteiger partial charge in [-0.15, -0.1) is 0 Å². The Bertz CT molecular complexity index is 383. The molecule has 13 heavy (non-hydrogen) atoms. The predicted molar refractivity (Wildman–Crippen MR) is 48.8 cm³/mol. The van der Waals surface area contributed by atoms with E-state index in [4.69, 9.17) is 5.73 Å². The van der Waals surface area contributed by atoms with E-state index < -0.39 is 15.1 Å². The van der Waals surface area contributed by atoms with Crippen molar-refractivity contribution < 1.29 is 8.42 Å². The molecule has 0 atom stereocenters. The van der Waals surface area contributed by atoms with Crippen LogP contribution in [0.1, 0.15) is 13.8 Å². The van der Waals surface area contributed by atoms with Crippen LogP contribution in [0.15, 0.2) is 17.4 Å². The molecule has 0 bridgehead atoms. The van der Waals surface area contributed by atoms with E-state index in [1.54, 1.807) is 13.8 Å². The molecular formula is C7H11N3O2S. The molecule has 1 heterocycles. The van der Waals surface area contributed by atoms with E-state index in [1.165, 1.54) is 12.4 Å². The largest absolute Gasteiger partial charge is 0.382 e. The fourth-order valence-corrected chi connectivity index (χ4v) is 1.60. The first-order chi connectivity index (χ1) is 5.94. The van der Waals surface area contributed by atoms with Gasteiger partial charge in [0.15, 0.2) is 14.9 Å². The number of sulfone groups is 1. The van der Waals surface area contributed by atoms with Crippen molar-refractivity contribution >= 4 is 15.7 Å². The van der Waals surface area contributed by atoms with Crippen molar-refractivity contribution in [3.63, 3.8) is 0 Å². The van der Waals surface area contributed by atoms with Gasteiger partial charge in [0.05, 0.1) is 17.6 Å². The molecule has 0 saturated carbocycles. The summed E-state index contributed by atoms with van der Waals surface area (Å²) in [5, 5.41) is -0.526. The Balaban J connectivity index is 3.17. The highest BCUT2D eigenvalue weighted by Gasteiger charge is 2.20. The van der Waals surface area contributed by atoms with Gasteiger partial charge in [0.2, 0.25) is 0 Å². The smallest absolute Gasteiger partial charge is 0.199 e. The summed E-state index contributed by atoms with van der Waals surface area (Å²) in [6.45, 7) is 3.18. The maximum absolute atomic E-state index is 11.5. The highest BCUT2D eigenvalue weighted by Crippen LogP contribution is 2.11. The van der Waals surface area contributed by atoms with E-state index in [0.29, 0.717) is 0 Å². The standard InChI is InChI=1S/C7H11N3O2S/c1-5(2)13(11,12)7-4-9-6(8)3-10-7/h3-5H,1-2H3,(H2,8,9). The quantitative estimate of drug-likeness (QED) is 0.740. The third-order valence-corrected chi connectivity index (χ3v) is 3.60. The molecule has 1 aromatic rings. The summed E-state index contributed by atoms with van der Waals surface area (Å²) in [7, 11) is -3.32. The van der Waals surface area contributed by atoms with Crippen molar-refractivity contribution in [2.24, 2.45) is 0 Å². The summed E-state index contributed by atoms with van der Waals surface area (Å²) in [5.74, 6) is 0.211. The molecule has 6 heteroatoms. The van der Waals surface area contributed by atoms with E-state index >= 15 is 0 Å². The highest BCUT2D eigenvalue weighted by molar-refractivity contribution is 7.91. The van der Waals surface area contributed by atoms with Gasteiger partial charge in [-0.2, -0.15) is 0 Å². The minimum Gasteiger partial charge on any atom is -0.382 e. The molecule has 0 aliphatic rings. The molecule has 0 unspecified atom stereocenters. The van der Waals surface area contributed by atoms with Crippen LogP contribution in [0, 0.1) is 0 Å². The summed E-state index contributed by atoms with van der Waals surface area (Å²) in [6, 6.07) is 0. The number of anilines is 1. The molecule has 1 rings (SSSR count). The van der Waals surface area contributed by atoms with E-state index in [-0.39, 0.29) is 10.8 Å². The van der Waals surface area contributed by atoms with Crippen LogP contribution in [-0.2, 0) is 9.84 Å². The molecule has 0 radical (unpaired) electrons. The zero-order valence-corrected chi connectivity index (χ0v) is 8.25. The van der Waals surface area contributed by atoms with E-state index in [0.717, 1.165) is 0 Å². The summed E-state index contributed by atoms with van der Waals surface area (Å²) >= 11 is 0. The van der Waals surface area contributed by atoms with Crippen molar-refractivity contribution in [1.82, 2.24) is 9.97 Å². The lowest BCUT2D eigenvalue weighted by Crippen LogP contribution is -2.15. The SMILES string of the molecule is CC(C)S(=O)(=O)c1cnc(N)cn1. The van der Waals surface area contributed by atoms with E-state index in [9.17, 15) is 8.42 Å². The van der Waals surface area contributed by atoms with Crippen molar-refractivity contribution in [1.29, 1.82) is 0 Å². The van der Waals surface area contributed by atoms with Crippen LogP contribution in [-0.4, -0.2) is 23.6 Å². The second kappa shape index (κ2) is 3.29. The van der Waals surface area contributed by atoms with Gasteiger partial charge in [0.1, 0.15) is 5.82 Å². The maximum atomic E-state index is 11.5. The molecule has 1 aromatic heterocycles. The van der Waals surface area contributed by atoms with Crippen LogP contribution in [0.3, 0.4) is 0 Å². The van der Waals surface area contributed by atoms with E-state index in [1.807, 2.05) is 0 Å². The molecule has 5 nitrogen and oxygen atoms in total. The monoisotopic (exact) mass is 201 g/mol. The van der Waals surface area contributed by atoms with Crippen LogP contribution >= 0.6 is 0 Å². The molecule has 0 saturated heterocycles. The number of hydrogen-bond donors (Lipinski definition) is 1. The Labute approximate surface area is 76.9 Å². The molecule has 0 spiro atoms. The maximum Gasteiger partial charge on any atom is 0.199 e. The van der Waals surface area contributed by atoms with Crippen LogP contribution in [0.25, 0.3) is 0 Å². The Morgan fingerprint density at radius 3 is 2.31 bits per heavy atom. The molecule has 2 N–H and O–H groups in total. The molecule has 0 amide bonds. The average molecular weight is 201 g/mol. The van der Waals surface area contributed by atoms with Crippen LogP contribution in [0.4, 0.5) is 5.82 Å². The first-order valence-corrected chi connectivity index (χ1v) is 5.30. The van der Waals surface area contributed by atoms with Crippen molar-refractivity contribution in [3.05, 3.63) is 12.4 Å². The molecular weight excluding hydrogens is 190 g/mol. The van der Waals surface area contributed by atoms with Gasteiger partial charge < -0.3 is 5.73 Å². The summed E-state index contributed by atoms with van der Waals surface area (Å²) in [5.41, 5.74) is 5.28. The van der Waals surface area contributed by atoms with Crippen molar-refractivity contribution in [3.8, 4) is 0 Å². The summed E-state index contributed by atoms with van der Waals surface area (Å²) in [4.78, 5) is 7.36. The van der Waals surface area contributed by atoms with Crippen molar-refractivity contribution in [2.45, 2.75) is 24.1 Å². The average Bonchev–Trinajstić information content (AvgIpc) is 2.04. The number of nitrogens with two attached hydrogens (primary N) is 1. The first kappa shape index (κ1) is 9.91. The Morgan fingerprint density at radius 2 is 1.92 bits per heavy atom. The fourth-order valence-electron chi connectivity index (χ4n) is 0.715. The zero-order chi connectivity index (χ0) is 10.1. The van der Waals surface area contributed by atoms with E-state index in [2.05, 4.69) is 9.97 Å². The number of aromatic nitrogens is 2. The second-order valence-electron chi connectivity index (χ2n) is 2.87. The van der Waals surface area contributed by atoms with Gasteiger partial charge in [0.25, 0.3) is 0 Å². The van der Waals surface area contributed by atoms with Gasteiger partial charge >= 0.3 is 0 Å². The fraction of sp³-hybridized carbons (Fsp3) is 0.429. The van der Waals surface area contributed by atoms with Crippen molar-refractivity contribution in [2.75, 3.05) is 5.73 Å². The second-order valence-corrected chi connectivity index (χ2v) is 5.32. The molecule has 0 aliphatic carbocycles. The number of hydrogen-bond acceptors (Lipinski definition) is 5. The normalized spacial score (nSPS) is 11.9. The van der Waals surface area contributed by atoms with Crippen LogP contribution < -0.4 is 5.73 Å². The summed E-state index contributed by atoms with van der Waals surface area (Å²) < 4.78 is 23.0. The number of nitrogens with zero attached hydrogens (tertiary/aromatic N) is 2. The van der Waals surface area contributed by atoms with Gasteiger partial charge in [0, 0.05) is 0 Å². The van der Waals surface area contributed by atoms with Gasteiger partial charge in [-0.05, 0) is 13.8 Å². The lowest BCUT2D eigenvalue weighted by molar-refractivity contribution is 0.583. The van der Waals surface area contributed by atoms with Gasteiger partial charge in [-0.3, -0.25) is 0 Å². The van der Waals surface area contributed by atoms with Crippen LogP contribution in [0.2, 0.25) is 0 Å². The molecule has 0 aliphatic heterocycles. The predicted octanol–water partition coefficient (Wildman–Crippen LogP) is 0.241. The number of rotatable bonds is 2. The van der Waals surface area contributed by atoms with Gasteiger partial charge in [-0.25, -0.2) is 18.4 Å². The minimum atomic E-state index is -3.32. The highest BCUT2D eigenvalue weighted by atomic mass is 32.2. The molecule has 0 fully saturated rings.